The van der Waals surface area contributed by atoms with Crippen molar-refractivity contribution >= 4 is 33.2 Å². The lowest BCUT2D eigenvalue weighted by Gasteiger charge is -1.97. The van der Waals surface area contributed by atoms with Crippen LogP contribution in [-0.2, 0) is 11.2 Å². The zero-order chi connectivity index (χ0) is 9.68. The highest BCUT2D eigenvalue weighted by molar-refractivity contribution is 9.11. The molecular formula is C9H8BrNOS. The molecule has 4 heteroatoms. The van der Waals surface area contributed by atoms with Crippen molar-refractivity contribution in [2.24, 2.45) is 0 Å². The Bertz CT molecular complexity index is 340. The van der Waals surface area contributed by atoms with Gasteiger partial charge in [0.15, 0.2) is 0 Å². The van der Waals surface area contributed by atoms with Gasteiger partial charge >= 0.3 is 0 Å². The SMILES string of the molecule is C#CC(=O)NCCc1ccc(Br)s1. The van der Waals surface area contributed by atoms with Gasteiger partial charge in [0, 0.05) is 11.4 Å². The molecule has 0 aromatic carbocycles. The third-order valence-electron chi connectivity index (χ3n) is 1.42. The van der Waals surface area contributed by atoms with E-state index in [4.69, 9.17) is 6.42 Å². The van der Waals surface area contributed by atoms with E-state index in [1.165, 1.54) is 4.88 Å². The van der Waals surface area contributed by atoms with Crippen LogP contribution >= 0.6 is 27.3 Å². The van der Waals surface area contributed by atoms with Crippen LogP contribution in [0.3, 0.4) is 0 Å². The molecule has 0 bridgehead atoms. The summed E-state index contributed by atoms with van der Waals surface area (Å²) in [5.74, 6) is 1.65. The second-order valence-electron chi connectivity index (χ2n) is 2.36. The maximum Gasteiger partial charge on any atom is 0.295 e. The van der Waals surface area contributed by atoms with Gasteiger partial charge in [0.05, 0.1) is 3.79 Å². The predicted octanol–water partition coefficient (Wildman–Crippen LogP) is 1.80. The third-order valence-corrected chi connectivity index (χ3v) is 3.10. The number of halogens is 1. The van der Waals surface area contributed by atoms with Crippen molar-refractivity contribution in [3.8, 4) is 12.3 Å². The summed E-state index contributed by atoms with van der Waals surface area (Å²) in [6.07, 6.45) is 5.71. The summed E-state index contributed by atoms with van der Waals surface area (Å²) in [4.78, 5) is 11.9. The smallest absolute Gasteiger partial charge is 0.295 e. The summed E-state index contributed by atoms with van der Waals surface area (Å²) in [5, 5.41) is 2.61. The first-order valence-corrected chi connectivity index (χ1v) is 5.32. The molecule has 0 saturated carbocycles. The van der Waals surface area contributed by atoms with Crippen LogP contribution in [0, 0.1) is 12.3 Å². The number of carbonyl (C=O) groups excluding carboxylic acids is 1. The second-order valence-corrected chi connectivity index (χ2v) is 4.90. The summed E-state index contributed by atoms with van der Waals surface area (Å²) < 4.78 is 1.10. The molecule has 0 atom stereocenters. The molecular weight excluding hydrogens is 250 g/mol. The quantitative estimate of drug-likeness (QED) is 0.823. The standard InChI is InChI=1S/C9H8BrNOS/c1-2-9(12)11-6-5-7-3-4-8(10)13-7/h1,3-4H,5-6H2,(H,11,12). The molecule has 2 nitrogen and oxygen atoms in total. The van der Waals surface area contributed by atoms with Gasteiger partial charge < -0.3 is 5.32 Å². The van der Waals surface area contributed by atoms with Crippen molar-refractivity contribution in [1.82, 2.24) is 5.32 Å². The Morgan fingerprint density at radius 3 is 3.00 bits per heavy atom. The lowest BCUT2D eigenvalue weighted by molar-refractivity contribution is -0.115. The summed E-state index contributed by atoms with van der Waals surface area (Å²) >= 11 is 5.03. The minimum Gasteiger partial charge on any atom is -0.345 e. The van der Waals surface area contributed by atoms with Gasteiger partial charge in [-0.05, 0) is 40.4 Å². The molecule has 1 aromatic heterocycles. The largest absolute Gasteiger partial charge is 0.345 e. The van der Waals surface area contributed by atoms with Crippen molar-refractivity contribution in [3.05, 3.63) is 20.8 Å². The minimum atomic E-state index is -0.351. The van der Waals surface area contributed by atoms with Gasteiger partial charge in [-0.3, -0.25) is 4.79 Å². The third kappa shape index (κ3) is 3.62. The topological polar surface area (TPSA) is 29.1 Å². The van der Waals surface area contributed by atoms with Crippen LogP contribution in [0.4, 0.5) is 0 Å². The average Bonchev–Trinajstić information content (AvgIpc) is 2.51. The molecule has 0 saturated heterocycles. The molecule has 68 valence electrons. The number of hydrogen-bond donors (Lipinski definition) is 1. The van der Waals surface area contributed by atoms with Crippen LogP contribution in [0.15, 0.2) is 15.9 Å². The van der Waals surface area contributed by atoms with E-state index in [0.717, 1.165) is 10.2 Å². The number of thiophene rings is 1. The summed E-state index contributed by atoms with van der Waals surface area (Å²) in [7, 11) is 0. The number of terminal acetylenes is 1. The van der Waals surface area contributed by atoms with Crippen LogP contribution in [0.2, 0.25) is 0 Å². The highest BCUT2D eigenvalue weighted by atomic mass is 79.9. The zero-order valence-electron chi connectivity index (χ0n) is 6.84. The van der Waals surface area contributed by atoms with Crippen LogP contribution in [0.5, 0.6) is 0 Å². The molecule has 1 N–H and O–H groups in total. The van der Waals surface area contributed by atoms with E-state index < -0.39 is 0 Å². The number of amides is 1. The maximum absolute atomic E-state index is 10.7. The van der Waals surface area contributed by atoms with Gasteiger partial charge in [-0.2, -0.15) is 0 Å². The second kappa shape index (κ2) is 5.05. The Labute approximate surface area is 89.5 Å². The molecule has 1 rings (SSSR count). The van der Waals surface area contributed by atoms with Crippen molar-refractivity contribution in [1.29, 1.82) is 0 Å². The fourth-order valence-electron chi connectivity index (χ4n) is 0.836. The van der Waals surface area contributed by atoms with Crippen molar-refractivity contribution in [3.63, 3.8) is 0 Å². The molecule has 0 fully saturated rings. The number of hydrogen-bond acceptors (Lipinski definition) is 2. The van der Waals surface area contributed by atoms with Crippen molar-refractivity contribution < 1.29 is 4.79 Å². The molecule has 0 aliphatic rings. The highest BCUT2D eigenvalue weighted by Gasteiger charge is 1.98. The van der Waals surface area contributed by atoms with Crippen molar-refractivity contribution in [2.75, 3.05) is 6.54 Å². The summed E-state index contributed by atoms with van der Waals surface area (Å²) in [6, 6.07) is 4.01. The molecule has 0 unspecified atom stereocenters. The first-order valence-electron chi connectivity index (χ1n) is 3.71. The predicted molar refractivity (Wildman–Crippen MR) is 57.6 cm³/mol. The molecule has 0 aliphatic carbocycles. The minimum absolute atomic E-state index is 0.351. The molecule has 1 aromatic rings. The van der Waals surface area contributed by atoms with Crippen LogP contribution < -0.4 is 5.32 Å². The van der Waals surface area contributed by atoms with E-state index in [2.05, 4.69) is 21.2 Å². The van der Waals surface area contributed by atoms with Crippen LogP contribution in [-0.4, -0.2) is 12.5 Å². The van der Waals surface area contributed by atoms with Gasteiger partial charge in [0.25, 0.3) is 5.91 Å². The zero-order valence-corrected chi connectivity index (χ0v) is 9.24. The van der Waals surface area contributed by atoms with E-state index in [0.29, 0.717) is 6.54 Å². The molecule has 0 radical (unpaired) electrons. The van der Waals surface area contributed by atoms with Crippen LogP contribution in [0.1, 0.15) is 4.88 Å². The first kappa shape index (κ1) is 10.3. The maximum atomic E-state index is 10.7. The number of nitrogens with one attached hydrogen (secondary N) is 1. The fraction of sp³-hybridized carbons (Fsp3) is 0.222. The van der Waals surface area contributed by atoms with Gasteiger partial charge in [0.2, 0.25) is 0 Å². The molecule has 0 aliphatic heterocycles. The van der Waals surface area contributed by atoms with E-state index in [1.54, 1.807) is 11.3 Å². The van der Waals surface area contributed by atoms with E-state index >= 15 is 0 Å². The van der Waals surface area contributed by atoms with Gasteiger partial charge in [-0.25, -0.2) is 0 Å². The molecule has 1 amide bonds. The Hall–Kier alpha value is -0.790. The van der Waals surface area contributed by atoms with Crippen molar-refractivity contribution in [2.45, 2.75) is 6.42 Å². The first-order chi connectivity index (χ1) is 6.22. The molecule has 1 heterocycles. The number of carbonyl (C=O) groups is 1. The van der Waals surface area contributed by atoms with E-state index in [9.17, 15) is 4.79 Å². The lowest BCUT2D eigenvalue weighted by atomic mass is 10.3. The number of rotatable bonds is 3. The monoisotopic (exact) mass is 257 g/mol. The Morgan fingerprint density at radius 1 is 1.69 bits per heavy atom. The molecule has 0 spiro atoms. The van der Waals surface area contributed by atoms with Gasteiger partial charge in [0.1, 0.15) is 0 Å². The Kier molecular flexibility index (Phi) is 4.00. The lowest BCUT2D eigenvalue weighted by Crippen LogP contribution is -2.23. The molecule has 13 heavy (non-hydrogen) atoms. The normalized spacial score (nSPS) is 9.23. The van der Waals surface area contributed by atoms with Crippen LogP contribution in [0.25, 0.3) is 0 Å². The van der Waals surface area contributed by atoms with Gasteiger partial charge in [-0.1, -0.05) is 0 Å². The Morgan fingerprint density at radius 2 is 2.46 bits per heavy atom. The fourth-order valence-corrected chi connectivity index (χ4v) is 2.32. The summed E-state index contributed by atoms with van der Waals surface area (Å²) in [6.45, 7) is 0.593. The van der Waals surface area contributed by atoms with E-state index in [1.807, 2.05) is 18.1 Å². The highest BCUT2D eigenvalue weighted by Crippen LogP contribution is 2.21. The van der Waals surface area contributed by atoms with E-state index in [-0.39, 0.29) is 5.91 Å². The Balaban J connectivity index is 2.29. The summed E-state index contributed by atoms with van der Waals surface area (Å²) in [5.41, 5.74) is 0. The van der Waals surface area contributed by atoms with Gasteiger partial charge in [-0.15, -0.1) is 17.8 Å². The average molecular weight is 258 g/mol.